The first-order valence-electron chi connectivity index (χ1n) is 9.21. The molecule has 1 heterocycles. The Morgan fingerprint density at radius 3 is 2.27 bits per heavy atom. The molecule has 9 heteroatoms. The van der Waals surface area contributed by atoms with Gasteiger partial charge in [-0.05, 0) is 23.6 Å². The van der Waals surface area contributed by atoms with Crippen LogP contribution in [0.25, 0.3) is 10.8 Å². The van der Waals surface area contributed by atoms with Crippen molar-refractivity contribution in [2.24, 2.45) is 0 Å². The van der Waals surface area contributed by atoms with E-state index in [0.29, 0.717) is 11.5 Å². The first-order chi connectivity index (χ1) is 14.3. The van der Waals surface area contributed by atoms with Crippen molar-refractivity contribution < 1.29 is 26.4 Å². The largest absolute Gasteiger partial charge is 0.336 e. The molecular formula is C21H17F3N2O3S. The summed E-state index contributed by atoms with van der Waals surface area (Å²) < 4.78 is 68.9. The zero-order chi connectivity index (χ0) is 21.5. The van der Waals surface area contributed by atoms with E-state index in [1.165, 1.54) is 17.0 Å². The Hall–Kier alpha value is -2.91. The van der Waals surface area contributed by atoms with Gasteiger partial charge in [-0.3, -0.25) is 4.79 Å². The summed E-state index contributed by atoms with van der Waals surface area (Å²) in [4.78, 5) is 13.4. The van der Waals surface area contributed by atoms with Gasteiger partial charge in [-0.15, -0.1) is 0 Å². The van der Waals surface area contributed by atoms with Crippen LogP contribution < -0.4 is 0 Å². The van der Waals surface area contributed by atoms with Crippen LogP contribution >= 0.6 is 0 Å². The summed E-state index contributed by atoms with van der Waals surface area (Å²) in [6, 6.07) is 12.0. The van der Waals surface area contributed by atoms with Crippen molar-refractivity contribution in [1.82, 2.24) is 9.21 Å². The Bertz CT molecular complexity index is 1240. The summed E-state index contributed by atoms with van der Waals surface area (Å²) in [5.41, 5.74) is -0.284. The quantitative estimate of drug-likeness (QED) is 0.635. The highest BCUT2D eigenvalue weighted by Crippen LogP contribution is 2.27. The Balaban J connectivity index is 1.53. The molecule has 0 spiro atoms. The lowest BCUT2D eigenvalue weighted by atomic mass is 10.1. The molecular weight excluding hydrogens is 417 g/mol. The van der Waals surface area contributed by atoms with Crippen molar-refractivity contribution in [3.63, 3.8) is 0 Å². The van der Waals surface area contributed by atoms with Gasteiger partial charge in [-0.25, -0.2) is 21.6 Å². The highest BCUT2D eigenvalue weighted by molar-refractivity contribution is 7.89. The van der Waals surface area contributed by atoms with E-state index in [1.807, 2.05) is 0 Å². The van der Waals surface area contributed by atoms with Gasteiger partial charge < -0.3 is 4.90 Å². The number of fused-ring (bicyclic) bond motifs is 1. The molecule has 3 aromatic carbocycles. The van der Waals surface area contributed by atoms with Crippen molar-refractivity contribution in [3.05, 3.63) is 77.6 Å². The summed E-state index contributed by atoms with van der Waals surface area (Å²) in [5, 5.41) is 0.796. The van der Waals surface area contributed by atoms with Gasteiger partial charge in [0.1, 0.15) is 16.5 Å². The number of benzene rings is 3. The molecule has 30 heavy (non-hydrogen) atoms. The van der Waals surface area contributed by atoms with Gasteiger partial charge in [0.15, 0.2) is 5.82 Å². The topological polar surface area (TPSA) is 57.7 Å². The van der Waals surface area contributed by atoms with E-state index in [9.17, 15) is 26.4 Å². The number of hydrogen-bond acceptors (Lipinski definition) is 3. The Labute approximate surface area is 171 Å². The van der Waals surface area contributed by atoms with Crippen molar-refractivity contribution in [2.45, 2.75) is 4.90 Å². The molecule has 0 saturated carbocycles. The third-order valence-corrected chi connectivity index (χ3v) is 7.05. The van der Waals surface area contributed by atoms with Crippen LogP contribution in [0.3, 0.4) is 0 Å². The maximum absolute atomic E-state index is 14.9. The van der Waals surface area contributed by atoms with Gasteiger partial charge >= 0.3 is 0 Å². The highest BCUT2D eigenvalue weighted by Gasteiger charge is 2.33. The molecule has 0 atom stereocenters. The fourth-order valence-corrected chi connectivity index (χ4v) is 5.02. The smallest absolute Gasteiger partial charge is 0.256 e. The van der Waals surface area contributed by atoms with Crippen molar-refractivity contribution in [2.75, 3.05) is 26.2 Å². The summed E-state index contributed by atoms with van der Waals surface area (Å²) in [6.45, 7) is -0.125. The first kappa shape index (κ1) is 20.4. The molecule has 1 aliphatic heterocycles. The van der Waals surface area contributed by atoms with E-state index in [2.05, 4.69) is 0 Å². The van der Waals surface area contributed by atoms with Gasteiger partial charge in [-0.1, -0.05) is 30.3 Å². The molecule has 0 radical (unpaired) electrons. The van der Waals surface area contributed by atoms with E-state index >= 15 is 0 Å². The number of carbonyl (C=O) groups is 1. The van der Waals surface area contributed by atoms with E-state index in [1.54, 1.807) is 24.3 Å². The zero-order valence-electron chi connectivity index (χ0n) is 15.7. The van der Waals surface area contributed by atoms with Gasteiger partial charge in [-0.2, -0.15) is 4.31 Å². The Kier molecular flexibility index (Phi) is 5.25. The van der Waals surface area contributed by atoms with E-state index < -0.39 is 38.3 Å². The maximum atomic E-state index is 14.9. The predicted molar refractivity (Wildman–Crippen MR) is 105 cm³/mol. The minimum atomic E-state index is -4.12. The molecule has 0 aromatic heterocycles. The van der Waals surface area contributed by atoms with Gasteiger partial charge in [0.25, 0.3) is 5.91 Å². The summed E-state index contributed by atoms with van der Waals surface area (Å²) in [5.74, 6) is -3.24. The second-order valence-electron chi connectivity index (χ2n) is 6.92. The van der Waals surface area contributed by atoms with E-state index in [-0.39, 0.29) is 37.1 Å². The third kappa shape index (κ3) is 3.54. The SMILES string of the molecule is O=C(c1ccc(F)cc1F)N1CCN(S(=O)(=O)c2ccc3ccccc3c2F)CC1. The van der Waals surface area contributed by atoms with Crippen LogP contribution in [0.2, 0.25) is 0 Å². The van der Waals surface area contributed by atoms with Gasteiger partial charge in [0.2, 0.25) is 10.0 Å². The first-order valence-corrected chi connectivity index (χ1v) is 10.6. The van der Waals surface area contributed by atoms with Crippen LogP contribution in [-0.4, -0.2) is 49.7 Å². The average Bonchev–Trinajstić information content (AvgIpc) is 2.74. The fraction of sp³-hybridized carbons (Fsp3) is 0.190. The maximum Gasteiger partial charge on any atom is 0.256 e. The zero-order valence-corrected chi connectivity index (χ0v) is 16.5. The van der Waals surface area contributed by atoms with Crippen molar-refractivity contribution in [1.29, 1.82) is 0 Å². The molecule has 5 nitrogen and oxygen atoms in total. The minimum absolute atomic E-state index is 0.00405. The fourth-order valence-electron chi connectivity index (χ4n) is 3.52. The summed E-state index contributed by atoms with van der Waals surface area (Å²) in [6.07, 6.45) is 0. The molecule has 1 fully saturated rings. The summed E-state index contributed by atoms with van der Waals surface area (Å²) >= 11 is 0. The van der Waals surface area contributed by atoms with Gasteiger partial charge in [0, 0.05) is 37.6 Å². The Morgan fingerprint density at radius 2 is 1.57 bits per heavy atom. The monoisotopic (exact) mass is 434 g/mol. The molecule has 1 saturated heterocycles. The standard InChI is InChI=1S/C21H17F3N2O3S/c22-15-6-7-17(18(23)13-15)21(27)25-9-11-26(12-10-25)30(28,29)19-8-5-14-3-1-2-4-16(14)20(19)24/h1-8,13H,9-12H2. The number of halogens is 3. The second kappa shape index (κ2) is 7.73. The summed E-state index contributed by atoms with van der Waals surface area (Å²) in [7, 11) is -4.12. The lowest BCUT2D eigenvalue weighted by Crippen LogP contribution is -2.50. The van der Waals surface area contributed by atoms with Crippen LogP contribution in [-0.2, 0) is 10.0 Å². The highest BCUT2D eigenvalue weighted by atomic mass is 32.2. The Morgan fingerprint density at radius 1 is 0.867 bits per heavy atom. The van der Waals surface area contributed by atoms with E-state index in [4.69, 9.17) is 0 Å². The van der Waals surface area contributed by atoms with Crippen LogP contribution in [0.5, 0.6) is 0 Å². The van der Waals surface area contributed by atoms with Crippen LogP contribution in [0.15, 0.2) is 59.5 Å². The number of nitrogens with zero attached hydrogens (tertiary/aromatic N) is 2. The van der Waals surface area contributed by atoms with Crippen LogP contribution in [0.4, 0.5) is 13.2 Å². The second-order valence-corrected chi connectivity index (χ2v) is 8.83. The van der Waals surface area contributed by atoms with Crippen LogP contribution in [0.1, 0.15) is 10.4 Å². The number of sulfonamides is 1. The van der Waals surface area contributed by atoms with Gasteiger partial charge in [0.05, 0.1) is 5.56 Å². The molecule has 3 aromatic rings. The number of amides is 1. The molecule has 0 aliphatic carbocycles. The number of rotatable bonds is 3. The number of piperazine rings is 1. The molecule has 0 N–H and O–H groups in total. The molecule has 1 aliphatic rings. The van der Waals surface area contributed by atoms with Crippen molar-refractivity contribution >= 4 is 26.7 Å². The normalized spacial score (nSPS) is 15.5. The predicted octanol–water partition coefficient (Wildman–Crippen LogP) is 3.40. The molecule has 0 unspecified atom stereocenters. The van der Waals surface area contributed by atoms with E-state index in [0.717, 1.165) is 16.4 Å². The number of hydrogen-bond donors (Lipinski definition) is 0. The van der Waals surface area contributed by atoms with Crippen LogP contribution in [0, 0.1) is 17.5 Å². The minimum Gasteiger partial charge on any atom is -0.336 e. The molecule has 0 bridgehead atoms. The van der Waals surface area contributed by atoms with Crippen molar-refractivity contribution in [3.8, 4) is 0 Å². The third-order valence-electron chi connectivity index (χ3n) is 5.13. The average molecular weight is 434 g/mol. The lowest BCUT2D eigenvalue weighted by molar-refractivity contribution is 0.0693. The molecule has 4 rings (SSSR count). The molecule has 156 valence electrons. The number of carbonyl (C=O) groups excluding carboxylic acids is 1. The lowest BCUT2D eigenvalue weighted by Gasteiger charge is -2.34. The molecule has 1 amide bonds.